The molecule has 1 unspecified atom stereocenters. The van der Waals surface area contributed by atoms with E-state index in [1.54, 1.807) is 26.0 Å². The Morgan fingerprint density at radius 2 is 1.83 bits per heavy atom. The standard InChI is InChI=1S/C25H24FNO3/c1-3-30-25(29)22-15(2)27-20-13-18(16-8-5-4-6-9-16)14-21(28)24(20)23(22)17-10-7-11-19(26)12-17/h4-12,18,22-23H,3,13-14H2,1-2H3/t18-,22?,23-/m0/s1. The molecule has 2 aromatic carbocycles. The third-order valence-corrected chi connectivity index (χ3v) is 5.91. The molecule has 1 heterocycles. The first kappa shape index (κ1) is 20.2. The van der Waals surface area contributed by atoms with Crippen LogP contribution in [0.4, 0.5) is 4.39 Å². The largest absolute Gasteiger partial charge is 0.465 e. The van der Waals surface area contributed by atoms with Crippen molar-refractivity contribution in [2.75, 3.05) is 6.61 Å². The first-order chi connectivity index (χ1) is 14.5. The molecule has 1 aliphatic carbocycles. The van der Waals surface area contributed by atoms with Crippen LogP contribution in [0, 0.1) is 11.7 Å². The fourth-order valence-corrected chi connectivity index (χ4v) is 4.62. The molecule has 0 amide bonds. The van der Waals surface area contributed by atoms with Crippen LogP contribution >= 0.6 is 0 Å². The minimum Gasteiger partial charge on any atom is -0.465 e. The Bertz CT molecular complexity index is 1040. The predicted molar refractivity (Wildman–Crippen MR) is 113 cm³/mol. The molecule has 5 heteroatoms. The summed E-state index contributed by atoms with van der Waals surface area (Å²) in [4.78, 5) is 30.8. The number of hydrogen-bond acceptors (Lipinski definition) is 4. The molecule has 2 aliphatic rings. The van der Waals surface area contributed by atoms with E-state index in [2.05, 4.69) is 0 Å². The van der Waals surface area contributed by atoms with Gasteiger partial charge in [-0.1, -0.05) is 42.5 Å². The number of esters is 1. The third-order valence-electron chi connectivity index (χ3n) is 5.91. The zero-order valence-electron chi connectivity index (χ0n) is 17.1. The van der Waals surface area contributed by atoms with Crippen LogP contribution in [0.1, 0.15) is 49.7 Å². The van der Waals surface area contributed by atoms with E-state index in [1.165, 1.54) is 12.1 Å². The van der Waals surface area contributed by atoms with E-state index < -0.39 is 23.6 Å². The zero-order valence-corrected chi connectivity index (χ0v) is 17.1. The molecule has 0 N–H and O–H groups in total. The number of carbonyl (C=O) groups excluding carboxylic acids is 2. The van der Waals surface area contributed by atoms with Crippen LogP contribution in [0.2, 0.25) is 0 Å². The van der Waals surface area contributed by atoms with Crippen molar-refractivity contribution in [3.8, 4) is 0 Å². The van der Waals surface area contributed by atoms with Gasteiger partial charge in [-0.3, -0.25) is 14.6 Å². The first-order valence-electron chi connectivity index (χ1n) is 10.3. The van der Waals surface area contributed by atoms with E-state index in [9.17, 15) is 14.0 Å². The Kier molecular flexibility index (Phi) is 5.62. The number of allylic oxidation sites excluding steroid dienone is 2. The highest BCUT2D eigenvalue weighted by Crippen LogP contribution is 2.46. The fourth-order valence-electron chi connectivity index (χ4n) is 4.62. The SMILES string of the molecule is CCOC(=O)C1C(C)=NC2=C(C(=O)C[C@@H](c3ccccc3)C2)[C@H]1c1cccc(F)c1. The molecule has 3 atom stereocenters. The van der Waals surface area contributed by atoms with Gasteiger partial charge >= 0.3 is 5.97 Å². The second kappa shape index (κ2) is 8.34. The molecule has 0 saturated carbocycles. The van der Waals surface area contributed by atoms with Crippen molar-refractivity contribution in [1.82, 2.24) is 0 Å². The summed E-state index contributed by atoms with van der Waals surface area (Å²) in [6.45, 7) is 3.76. The van der Waals surface area contributed by atoms with Crippen molar-refractivity contribution >= 4 is 17.5 Å². The number of nitrogens with zero attached hydrogens (tertiary/aromatic N) is 1. The minimum atomic E-state index is -0.734. The van der Waals surface area contributed by atoms with E-state index in [1.807, 2.05) is 30.3 Å². The third kappa shape index (κ3) is 3.72. The average molecular weight is 405 g/mol. The Balaban J connectivity index is 1.81. The van der Waals surface area contributed by atoms with Gasteiger partial charge in [-0.15, -0.1) is 0 Å². The molecule has 0 bridgehead atoms. The Labute approximate surface area is 175 Å². The Morgan fingerprint density at radius 3 is 2.53 bits per heavy atom. The van der Waals surface area contributed by atoms with Crippen LogP contribution in [0.3, 0.4) is 0 Å². The zero-order chi connectivity index (χ0) is 21.3. The fraction of sp³-hybridized carbons (Fsp3) is 0.320. The molecular weight excluding hydrogens is 381 g/mol. The second-order valence-corrected chi connectivity index (χ2v) is 7.81. The minimum absolute atomic E-state index is 0.0371. The lowest BCUT2D eigenvalue weighted by Gasteiger charge is -2.36. The summed E-state index contributed by atoms with van der Waals surface area (Å²) >= 11 is 0. The molecule has 30 heavy (non-hydrogen) atoms. The number of carbonyl (C=O) groups is 2. The lowest BCUT2D eigenvalue weighted by Crippen LogP contribution is -2.38. The van der Waals surface area contributed by atoms with Crippen molar-refractivity contribution in [2.24, 2.45) is 10.9 Å². The summed E-state index contributed by atoms with van der Waals surface area (Å²) in [7, 11) is 0. The van der Waals surface area contributed by atoms with Crippen molar-refractivity contribution in [1.29, 1.82) is 0 Å². The van der Waals surface area contributed by atoms with Gasteiger partial charge in [0.1, 0.15) is 11.7 Å². The molecule has 0 saturated heterocycles. The molecule has 0 spiro atoms. The van der Waals surface area contributed by atoms with Crippen LogP contribution in [0.15, 0.2) is 70.9 Å². The van der Waals surface area contributed by atoms with Gasteiger partial charge in [-0.25, -0.2) is 4.39 Å². The van der Waals surface area contributed by atoms with E-state index >= 15 is 0 Å². The number of rotatable bonds is 4. The number of halogens is 1. The maximum absolute atomic E-state index is 14.1. The number of Topliss-reactive ketones (excluding diaryl/α,β-unsaturated/α-hetero) is 1. The molecule has 1 aliphatic heterocycles. The molecule has 0 radical (unpaired) electrons. The maximum atomic E-state index is 14.1. The summed E-state index contributed by atoms with van der Waals surface area (Å²) in [6, 6.07) is 16.0. The summed E-state index contributed by atoms with van der Waals surface area (Å²) in [6.07, 6.45) is 0.961. The summed E-state index contributed by atoms with van der Waals surface area (Å²) in [5.41, 5.74) is 3.52. The molecule has 0 aromatic heterocycles. The molecule has 4 rings (SSSR count). The van der Waals surface area contributed by atoms with Gasteiger partial charge in [-0.2, -0.15) is 0 Å². The normalized spacial score (nSPS) is 23.6. The van der Waals surface area contributed by atoms with Crippen LogP contribution in [-0.4, -0.2) is 24.1 Å². The van der Waals surface area contributed by atoms with E-state index in [-0.39, 0.29) is 18.3 Å². The Hall–Kier alpha value is -3.08. The predicted octanol–water partition coefficient (Wildman–Crippen LogP) is 4.96. The highest BCUT2D eigenvalue weighted by atomic mass is 19.1. The van der Waals surface area contributed by atoms with E-state index in [4.69, 9.17) is 9.73 Å². The van der Waals surface area contributed by atoms with Gasteiger partial charge in [0.05, 0.1) is 6.61 Å². The van der Waals surface area contributed by atoms with Gasteiger partial charge in [0, 0.05) is 29.3 Å². The van der Waals surface area contributed by atoms with Gasteiger partial charge < -0.3 is 4.74 Å². The van der Waals surface area contributed by atoms with Gasteiger partial charge in [-0.05, 0) is 49.4 Å². The van der Waals surface area contributed by atoms with Gasteiger partial charge in [0.2, 0.25) is 0 Å². The monoisotopic (exact) mass is 405 g/mol. The quantitative estimate of drug-likeness (QED) is 0.676. The molecule has 154 valence electrons. The van der Waals surface area contributed by atoms with Crippen molar-refractivity contribution in [3.05, 3.63) is 82.8 Å². The van der Waals surface area contributed by atoms with Crippen LogP contribution in [0.5, 0.6) is 0 Å². The summed E-state index contributed by atoms with van der Waals surface area (Å²) in [5.74, 6) is -2.15. The molecular formula is C25H24FNO3. The van der Waals surface area contributed by atoms with Gasteiger partial charge in [0.15, 0.2) is 5.78 Å². The number of ether oxygens (including phenoxy) is 1. The molecule has 4 nitrogen and oxygen atoms in total. The number of benzene rings is 2. The summed E-state index contributed by atoms with van der Waals surface area (Å²) in [5, 5.41) is 0. The second-order valence-electron chi connectivity index (χ2n) is 7.81. The van der Waals surface area contributed by atoms with E-state index in [0.717, 1.165) is 5.56 Å². The van der Waals surface area contributed by atoms with Crippen molar-refractivity contribution in [2.45, 2.75) is 38.5 Å². The maximum Gasteiger partial charge on any atom is 0.315 e. The number of aliphatic imine (C=N–C) groups is 1. The number of hydrogen-bond donors (Lipinski definition) is 0. The average Bonchev–Trinajstić information content (AvgIpc) is 2.73. The lowest BCUT2D eigenvalue weighted by molar-refractivity contribution is -0.146. The van der Waals surface area contributed by atoms with Crippen molar-refractivity contribution in [3.63, 3.8) is 0 Å². The smallest absolute Gasteiger partial charge is 0.315 e. The molecule has 2 aromatic rings. The van der Waals surface area contributed by atoms with Crippen LogP contribution < -0.4 is 0 Å². The van der Waals surface area contributed by atoms with Crippen LogP contribution in [-0.2, 0) is 14.3 Å². The summed E-state index contributed by atoms with van der Waals surface area (Å²) < 4.78 is 19.3. The topological polar surface area (TPSA) is 55.7 Å². The Morgan fingerprint density at radius 1 is 1.10 bits per heavy atom. The van der Waals surface area contributed by atoms with Crippen molar-refractivity contribution < 1.29 is 18.7 Å². The first-order valence-corrected chi connectivity index (χ1v) is 10.3. The van der Waals surface area contributed by atoms with E-state index in [0.29, 0.717) is 35.4 Å². The molecule has 0 fully saturated rings. The lowest BCUT2D eigenvalue weighted by atomic mass is 9.69. The van der Waals surface area contributed by atoms with Crippen LogP contribution in [0.25, 0.3) is 0 Å². The van der Waals surface area contributed by atoms with Gasteiger partial charge in [0.25, 0.3) is 0 Å². The number of ketones is 1. The highest BCUT2D eigenvalue weighted by Gasteiger charge is 2.44. The highest BCUT2D eigenvalue weighted by molar-refractivity contribution is 6.09.